The molecule has 0 aromatic heterocycles. The first-order chi connectivity index (χ1) is 10.1. The van der Waals surface area contributed by atoms with Crippen LogP contribution in [0.5, 0.6) is 0 Å². The summed E-state index contributed by atoms with van der Waals surface area (Å²) in [7, 11) is 0. The van der Waals surface area contributed by atoms with Crippen molar-refractivity contribution >= 4 is 0 Å². The third-order valence-corrected chi connectivity index (χ3v) is 4.60. The lowest BCUT2D eigenvalue weighted by Crippen LogP contribution is -2.40. The van der Waals surface area contributed by atoms with Crippen molar-refractivity contribution in [2.24, 2.45) is 5.92 Å². The zero-order chi connectivity index (χ0) is 15.1. The van der Waals surface area contributed by atoms with Crippen LogP contribution in [0.2, 0.25) is 0 Å². The van der Waals surface area contributed by atoms with Gasteiger partial charge in [-0.15, -0.1) is 0 Å². The molecule has 0 radical (unpaired) electrons. The van der Waals surface area contributed by atoms with Crippen LogP contribution >= 0.6 is 0 Å². The number of rotatable bonds is 9. The summed E-state index contributed by atoms with van der Waals surface area (Å²) in [6.45, 7) is 5.74. The van der Waals surface area contributed by atoms with Crippen molar-refractivity contribution in [3.8, 4) is 0 Å². The predicted molar refractivity (Wildman–Crippen MR) is 88.1 cm³/mol. The molecule has 0 bridgehead atoms. The van der Waals surface area contributed by atoms with Gasteiger partial charge in [0.2, 0.25) is 0 Å². The molecule has 2 heteroatoms. The van der Waals surface area contributed by atoms with Crippen LogP contribution in [0.25, 0.3) is 0 Å². The second kappa shape index (κ2) is 8.53. The van der Waals surface area contributed by atoms with Gasteiger partial charge < -0.3 is 5.32 Å². The number of benzene rings is 1. The number of hydrogen-bond acceptors (Lipinski definition) is 1. The molecule has 1 aliphatic carbocycles. The van der Waals surface area contributed by atoms with Crippen LogP contribution in [0.4, 0.5) is 4.39 Å². The molecule has 0 heterocycles. The minimum absolute atomic E-state index is 0.106. The lowest BCUT2D eigenvalue weighted by molar-refractivity contribution is 0.289. The van der Waals surface area contributed by atoms with E-state index in [9.17, 15) is 4.39 Å². The zero-order valence-corrected chi connectivity index (χ0v) is 13.6. The lowest BCUT2D eigenvalue weighted by atomic mass is 9.76. The number of unbranched alkanes of at least 4 members (excludes halogenated alkanes) is 3. The standard InChI is InChI=1S/C19H30FN/c1-15(2)8-5-3-4-6-11-21-19-13-17(14-19)16-9-7-10-18(20)12-16/h7,9-10,12,15,17,19,21H,3-6,8,11,13-14H2,1-2H3. The Balaban J connectivity index is 1.49. The second-order valence-electron chi connectivity index (χ2n) is 6.97. The van der Waals surface area contributed by atoms with Crippen molar-refractivity contribution in [1.29, 1.82) is 0 Å². The van der Waals surface area contributed by atoms with Crippen molar-refractivity contribution in [1.82, 2.24) is 5.32 Å². The Bertz CT molecular complexity index is 410. The molecule has 0 saturated heterocycles. The van der Waals surface area contributed by atoms with Gasteiger partial charge >= 0.3 is 0 Å². The van der Waals surface area contributed by atoms with E-state index in [-0.39, 0.29) is 5.82 Å². The molecular formula is C19H30FN. The van der Waals surface area contributed by atoms with Crippen molar-refractivity contribution < 1.29 is 4.39 Å². The van der Waals surface area contributed by atoms with Crippen LogP contribution in [0.1, 0.15) is 70.3 Å². The summed E-state index contributed by atoms with van der Waals surface area (Å²) in [5, 5.41) is 3.64. The fraction of sp³-hybridized carbons (Fsp3) is 0.684. The van der Waals surface area contributed by atoms with Gasteiger partial charge in [0.05, 0.1) is 0 Å². The first-order valence-corrected chi connectivity index (χ1v) is 8.64. The van der Waals surface area contributed by atoms with Gasteiger partial charge in [0, 0.05) is 6.04 Å². The van der Waals surface area contributed by atoms with E-state index in [1.54, 1.807) is 6.07 Å². The Morgan fingerprint density at radius 3 is 2.62 bits per heavy atom. The fourth-order valence-corrected chi connectivity index (χ4v) is 3.15. The van der Waals surface area contributed by atoms with Crippen molar-refractivity contribution in [2.75, 3.05) is 6.54 Å². The Kier molecular flexibility index (Phi) is 6.69. The average molecular weight is 291 g/mol. The van der Waals surface area contributed by atoms with Crippen LogP contribution in [0, 0.1) is 11.7 Å². The smallest absolute Gasteiger partial charge is 0.123 e. The molecule has 1 fully saturated rings. The van der Waals surface area contributed by atoms with Crippen LogP contribution in [-0.4, -0.2) is 12.6 Å². The molecule has 1 aromatic carbocycles. The van der Waals surface area contributed by atoms with E-state index < -0.39 is 0 Å². The molecule has 21 heavy (non-hydrogen) atoms. The summed E-state index contributed by atoms with van der Waals surface area (Å²) >= 11 is 0. The Morgan fingerprint density at radius 1 is 1.14 bits per heavy atom. The van der Waals surface area contributed by atoms with Crippen molar-refractivity contribution in [2.45, 2.75) is 70.8 Å². The van der Waals surface area contributed by atoms with E-state index in [0.717, 1.165) is 25.3 Å². The van der Waals surface area contributed by atoms with Gasteiger partial charge in [0.25, 0.3) is 0 Å². The monoisotopic (exact) mass is 291 g/mol. The van der Waals surface area contributed by atoms with Crippen LogP contribution in [-0.2, 0) is 0 Å². The highest BCUT2D eigenvalue weighted by Crippen LogP contribution is 2.36. The highest BCUT2D eigenvalue weighted by atomic mass is 19.1. The summed E-state index contributed by atoms with van der Waals surface area (Å²) in [5.41, 5.74) is 1.17. The molecule has 118 valence electrons. The first-order valence-electron chi connectivity index (χ1n) is 8.64. The van der Waals surface area contributed by atoms with Gasteiger partial charge in [-0.25, -0.2) is 4.39 Å². The average Bonchev–Trinajstić information content (AvgIpc) is 2.39. The SMILES string of the molecule is CC(C)CCCCCCNC1CC(c2cccc(F)c2)C1. The maximum atomic E-state index is 13.2. The molecule has 0 amide bonds. The Hall–Kier alpha value is -0.890. The molecule has 1 N–H and O–H groups in total. The molecule has 0 spiro atoms. The molecule has 0 unspecified atom stereocenters. The molecule has 0 atom stereocenters. The van der Waals surface area contributed by atoms with Gasteiger partial charge in [-0.2, -0.15) is 0 Å². The number of halogens is 1. The predicted octanol–water partition coefficient (Wildman–Crippen LogP) is 5.27. The normalized spacial score (nSPS) is 21.5. The van der Waals surface area contributed by atoms with Crippen molar-refractivity contribution in [3.05, 3.63) is 35.6 Å². The molecule has 2 rings (SSSR count). The van der Waals surface area contributed by atoms with E-state index in [1.807, 2.05) is 6.07 Å². The van der Waals surface area contributed by atoms with E-state index in [4.69, 9.17) is 0 Å². The van der Waals surface area contributed by atoms with Gasteiger partial charge in [-0.05, 0) is 55.3 Å². The molecule has 1 nitrogen and oxygen atoms in total. The van der Waals surface area contributed by atoms with E-state index in [2.05, 4.69) is 25.2 Å². The van der Waals surface area contributed by atoms with Gasteiger partial charge in [-0.3, -0.25) is 0 Å². The maximum absolute atomic E-state index is 13.2. The summed E-state index contributed by atoms with van der Waals surface area (Å²) in [6, 6.07) is 7.74. The lowest BCUT2D eigenvalue weighted by Gasteiger charge is -2.36. The molecule has 1 aliphatic rings. The highest BCUT2D eigenvalue weighted by molar-refractivity contribution is 5.23. The van der Waals surface area contributed by atoms with Crippen LogP contribution in [0.15, 0.2) is 24.3 Å². The first kappa shape index (κ1) is 16.5. The van der Waals surface area contributed by atoms with E-state index in [0.29, 0.717) is 12.0 Å². The summed E-state index contributed by atoms with van der Waals surface area (Å²) in [6.07, 6.45) is 9.08. The number of hydrogen-bond donors (Lipinski definition) is 1. The molecule has 1 aromatic rings. The second-order valence-corrected chi connectivity index (χ2v) is 6.97. The summed E-state index contributed by atoms with van der Waals surface area (Å²) in [5.74, 6) is 1.30. The largest absolute Gasteiger partial charge is 0.314 e. The quantitative estimate of drug-likeness (QED) is 0.611. The number of nitrogens with one attached hydrogen (secondary N) is 1. The Labute approximate surface area is 129 Å². The van der Waals surface area contributed by atoms with Gasteiger partial charge in [0.1, 0.15) is 5.82 Å². The molecular weight excluding hydrogens is 261 g/mol. The van der Waals surface area contributed by atoms with E-state index in [1.165, 1.54) is 43.7 Å². The highest BCUT2D eigenvalue weighted by Gasteiger charge is 2.29. The Morgan fingerprint density at radius 2 is 1.90 bits per heavy atom. The third-order valence-electron chi connectivity index (χ3n) is 4.60. The third kappa shape index (κ3) is 5.78. The van der Waals surface area contributed by atoms with Gasteiger partial charge in [0.15, 0.2) is 0 Å². The summed E-state index contributed by atoms with van der Waals surface area (Å²) in [4.78, 5) is 0. The fourth-order valence-electron chi connectivity index (χ4n) is 3.15. The molecule has 1 saturated carbocycles. The minimum Gasteiger partial charge on any atom is -0.314 e. The van der Waals surface area contributed by atoms with Crippen LogP contribution < -0.4 is 5.32 Å². The van der Waals surface area contributed by atoms with Gasteiger partial charge in [-0.1, -0.05) is 51.7 Å². The van der Waals surface area contributed by atoms with E-state index >= 15 is 0 Å². The maximum Gasteiger partial charge on any atom is 0.123 e. The van der Waals surface area contributed by atoms with Crippen LogP contribution in [0.3, 0.4) is 0 Å². The summed E-state index contributed by atoms with van der Waals surface area (Å²) < 4.78 is 13.2. The zero-order valence-electron chi connectivity index (χ0n) is 13.6. The van der Waals surface area contributed by atoms with Crippen molar-refractivity contribution in [3.63, 3.8) is 0 Å². The molecule has 0 aliphatic heterocycles. The topological polar surface area (TPSA) is 12.0 Å². The minimum atomic E-state index is -0.106.